The van der Waals surface area contributed by atoms with Crippen LogP contribution in [0.4, 0.5) is 18.9 Å². The Kier molecular flexibility index (Phi) is 5.36. The summed E-state index contributed by atoms with van der Waals surface area (Å²) in [7, 11) is 0. The summed E-state index contributed by atoms with van der Waals surface area (Å²) in [6.07, 6.45) is -3.07. The predicted molar refractivity (Wildman–Crippen MR) is 99.9 cm³/mol. The molecular weight excluding hydrogens is 385 g/mol. The third kappa shape index (κ3) is 4.43. The maximum Gasteiger partial charge on any atom is 0.416 e. The van der Waals surface area contributed by atoms with Crippen LogP contribution in [0.25, 0.3) is 0 Å². The molecule has 0 radical (unpaired) electrons. The number of benzene rings is 2. The molecule has 8 heteroatoms. The lowest BCUT2D eigenvalue weighted by Gasteiger charge is -2.09. The summed E-state index contributed by atoms with van der Waals surface area (Å²) in [4.78, 5) is 28.5. The van der Waals surface area contributed by atoms with Gasteiger partial charge in [-0.15, -0.1) is 0 Å². The molecule has 0 fully saturated rings. The first-order valence-electron chi connectivity index (χ1n) is 8.45. The van der Waals surface area contributed by atoms with Gasteiger partial charge in [0.15, 0.2) is 11.5 Å². The van der Waals surface area contributed by atoms with Gasteiger partial charge < -0.3 is 10.4 Å². The zero-order chi connectivity index (χ0) is 21.2. The van der Waals surface area contributed by atoms with E-state index in [4.69, 9.17) is 0 Å². The number of pyridine rings is 1. The Morgan fingerprint density at radius 3 is 2.03 bits per heavy atom. The van der Waals surface area contributed by atoms with Crippen LogP contribution in [0.2, 0.25) is 0 Å². The highest BCUT2D eigenvalue weighted by molar-refractivity contribution is 6.09. The van der Waals surface area contributed by atoms with Crippen LogP contribution >= 0.6 is 0 Å². The zero-order valence-corrected chi connectivity index (χ0v) is 15.1. The Balaban J connectivity index is 1.73. The Hall–Kier alpha value is -3.68. The minimum Gasteiger partial charge on any atom is -0.505 e. The number of aryl methyl sites for hydroxylation is 1. The summed E-state index contributed by atoms with van der Waals surface area (Å²) in [5.41, 5.74) is 0.266. The molecule has 5 nitrogen and oxygen atoms in total. The van der Waals surface area contributed by atoms with Gasteiger partial charge in [0.25, 0.3) is 5.91 Å². The molecule has 0 unspecified atom stereocenters. The molecule has 29 heavy (non-hydrogen) atoms. The fourth-order valence-electron chi connectivity index (χ4n) is 2.59. The molecule has 0 bridgehead atoms. The Morgan fingerprint density at radius 1 is 0.931 bits per heavy atom. The number of anilines is 1. The standard InChI is InChI=1S/C21H15F3N2O3/c1-12-10-11-25-17(18(12)27)20(29)26-16-8-4-14(5-9-16)19(28)13-2-6-15(7-3-13)21(22,23)24/h2-11,27H,1H3,(H,26,29). The van der Waals surface area contributed by atoms with Gasteiger partial charge in [-0.05, 0) is 55.0 Å². The highest BCUT2D eigenvalue weighted by atomic mass is 19.4. The zero-order valence-electron chi connectivity index (χ0n) is 15.1. The Labute approximate surface area is 163 Å². The Bertz CT molecular complexity index is 1060. The number of nitrogens with one attached hydrogen (secondary N) is 1. The maximum atomic E-state index is 12.6. The molecule has 0 atom stereocenters. The first-order chi connectivity index (χ1) is 13.7. The molecule has 2 aromatic carbocycles. The number of halogens is 3. The third-order valence-electron chi connectivity index (χ3n) is 4.22. The van der Waals surface area contributed by atoms with Crippen LogP contribution in [-0.4, -0.2) is 21.8 Å². The first kappa shape index (κ1) is 20.1. The van der Waals surface area contributed by atoms with E-state index in [-0.39, 0.29) is 22.6 Å². The fourth-order valence-corrected chi connectivity index (χ4v) is 2.59. The molecule has 0 aliphatic heterocycles. The number of hydrogen-bond acceptors (Lipinski definition) is 4. The molecular formula is C21H15F3N2O3. The van der Waals surface area contributed by atoms with Gasteiger partial charge in [-0.2, -0.15) is 13.2 Å². The normalized spacial score (nSPS) is 11.2. The number of nitrogens with zero attached hydrogens (tertiary/aromatic N) is 1. The van der Waals surface area contributed by atoms with Crippen molar-refractivity contribution in [2.45, 2.75) is 13.1 Å². The molecule has 2 N–H and O–H groups in total. The quantitative estimate of drug-likeness (QED) is 0.628. The molecule has 0 aliphatic carbocycles. The second-order valence-corrected chi connectivity index (χ2v) is 6.26. The summed E-state index contributed by atoms with van der Waals surface area (Å²) in [5, 5.41) is 12.5. The van der Waals surface area contributed by atoms with Crippen molar-refractivity contribution >= 4 is 17.4 Å². The van der Waals surface area contributed by atoms with E-state index in [9.17, 15) is 27.9 Å². The van der Waals surface area contributed by atoms with Crippen molar-refractivity contribution in [2.75, 3.05) is 5.32 Å². The SMILES string of the molecule is Cc1ccnc(C(=O)Nc2ccc(C(=O)c3ccc(C(F)(F)F)cc3)cc2)c1O. The van der Waals surface area contributed by atoms with E-state index >= 15 is 0 Å². The topological polar surface area (TPSA) is 79.3 Å². The Morgan fingerprint density at radius 2 is 1.48 bits per heavy atom. The van der Waals surface area contributed by atoms with Gasteiger partial charge in [0.2, 0.25) is 0 Å². The molecule has 0 spiro atoms. The van der Waals surface area contributed by atoms with Gasteiger partial charge in [-0.25, -0.2) is 4.98 Å². The van der Waals surface area contributed by atoms with Gasteiger partial charge in [0.1, 0.15) is 5.75 Å². The van der Waals surface area contributed by atoms with Gasteiger partial charge >= 0.3 is 6.18 Å². The molecule has 1 heterocycles. The number of rotatable bonds is 4. The van der Waals surface area contributed by atoms with Crippen molar-refractivity contribution < 1.29 is 27.9 Å². The van der Waals surface area contributed by atoms with E-state index in [0.717, 1.165) is 24.3 Å². The van der Waals surface area contributed by atoms with Crippen molar-refractivity contribution in [1.29, 1.82) is 0 Å². The van der Waals surface area contributed by atoms with Crippen molar-refractivity contribution in [3.05, 3.63) is 88.7 Å². The van der Waals surface area contributed by atoms with Crippen LogP contribution in [0, 0.1) is 6.92 Å². The second-order valence-electron chi connectivity index (χ2n) is 6.26. The number of amides is 1. The summed E-state index contributed by atoms with van der Waals surface area (Å²) in [5.74, 6) is -1.29. The van der Waals surface area contributed by atoms with E-state index in [1.54, 1.807) is 13.0 Å². The first-order valence-corrected chi connectivity index (χ1v) is 8.45. The smallest absolute Gasteiger partial charge is 0.416 e. The second kappa shape index (κ2) is 7.75. The molecule has 3 aromatic rings. The summed E-state index contributed by atoms with van der Waals surface area (Å²) < 4.78 is 37.9. The average molecular weight is 400 g/mol. The molecule has 3 rings (SSSR count). The van der Waals surface area contributed by atoms with E-state index in [0.29, 0.717) is 11.3 Å². The van der Waals surface area contributed by atoms with Crippen LogP contribution in [0.1, 0.15) is 37.5 Å². The average Bonchev–Trinajstić information content (AvgIpc) is 2.69. The van der Waals surface area contributed by atoms with E-state index < -0.39 is 23.4 Å². The molecule has 0 saturated heterocycles. The van der Waals surface area contributed by atoms with Crippen molar-refractivity contribution in [2.24, 2.45) is 0 Å². The molecule has 0 aliphatic rings. The number of carbonyl (C=O) groups excluding carboxylic acids is 2. The number of aromatic nitrogens is 1. The van der Waals surface area contributed by atoms with E-state index in [1.165, 1.54) is 30.5 Å². The monoisotopic (exact) mass is 400 g/mol. The molecule has 0 saturated carbocycles. The third-order valence-corrected chi connectivity index (χ3v) is 4.22. The molecule has 1 amide bonds. The summed E-state index contributed by atoms with van der Waals surface area (Å²) in [6.45, 7) is 1.63. The van der Waals surface area contributed by atoms with E-state index in [2.05, 4.69) is 10.3 Å². The van der Waals surface area contributed by atoms with Gasteiger partial charge in [0, 0.05) is 23.0 Å². The number of aromatic hydroxyl groups is 1. The number of alkyl halides is 3. The summed E-state index contributed by atoms with van der Waals surface area (Å²) >= 11 is 0. The predicted octanol–water partition coefficient (Wildman–Crippen LogP) is 4.60. The van der Waals surface area contributed by atoms with Crippen molar-refractivity contribution in [1.82, 2.24) is 4.98 Å². The minimum atomic E-state index is -4.47. The van der Waals surface area contributed by atoms with Crippen LogP contribution in [0.15, 0.2) is 60.8 Å². The van der Waals surface area contributed by atoms with Crippen molar-refractivity contribution in [3.63, 3.8) is 0 Å². The largest absolute Gasteiger partial charge is 0.505 e. The highest BCUT2D eigenvalue weighted by Gasteiger charge is 2.30. The van der Waals surface area contributed by atoms with Crippen LogP contribution in [0.3, 0.4) is 0 Å². The van der Waals surface area contributed by atoms with E-state index in [1.807, 2.05) is 0 Å². The van der Waals surface area contributed by atoms with Gasteiger partial charge in [-0.1, -0.05) is 12.1 Å². The molecule has 148 valence electrons. The number of carbonyl (C=O) groups is 2. The lowest BCUT2D eigenvalue weighted by Crippen LogP contribution is -2.14. The maximum absolute atomic E-state index is 12.6. The molecule has 1 aromatic heterocycles. The van der Waals surface area contributed by atoms with Crippen LogP contribution in [0.5, 0.6) is 5.75 Å². The number of hydrogen-bond donors (Lipinski definition) is 2. The lowest BCUT2D eigenvalue weighted by atomic mass is 10.0. The van der Waals surface area contributed by atoms with Gasteiger partial charge in [0.05, 0.1) is 5.56 Å². The fraction of sp³-hybridized carbons (Fsp3) is 0.0952. The number of ketones is 1. The lowest BCUT2D eigenvalue weighted by molar-refractivity contribution is -0.137. The van der Waals surface area contributed by atoms with Crippen LogP contribution in [-0.2, 0) is 6.18 Å². The minimum absolute atomic E-state index is 0.115. The van der Waals surface area contributed by atoms with Crippen molar-refractivity contribution in [3.8, 4) is 5.75 Å². The van der Waals surface area contributed by atoms with Crippen LogP contribution < -0.4 is 5.32 Å². The highest BCUT2D eigenvalue weighted by Crippen LogP contribution is 2.29. The van der Waals surface area contributed by atoms with Gasteiger partial charge in [-0.3, -0.25) is 9.59 Å². The summed E-state index contributed by atoms with van der Waals surface area (Å²) in [6, 6.07) is 11.3.